The first kappa shape index (κ1) is 28.2. The van der Waals surface area contributed by atoms with Gasteiger partial charge >= 0.3 is 0 Å². The molecule has 49 heavy (non-hydrogen) atoms. The lowest BCUT2D eigenvalue weighted by molar-refractivity contribution is 1.30. The predicted octanol–water partition coefficient (Wildman–Crippen LogP) is 13.8. The Labute approximate surface area is 291 Å². The second kappa shape index (κ2) is 11.4. The highest BCUT2D eigenvalue weighted by Crippen LogP contribution is 2.45. The van der Waals surface area contributed by atoms with Crippen LogP contribution in [0, 0.1) is 0 Å². The molecule has 0 saturated carbocycles. The summed E-state index contributed by atoms with van der Waals surface area (Å²) in [4.78, 5) is 7.45. The van der Waals surface area contributed by atoms with Gasteiger partial charge in [0, 0.05) is 42.8 Å². The summed E-state index contributed by atoms with van der Waals surface area (Å²) in [7, 11) is 0. The highest BCUT2D eigenvalue weighted by atomic mass is 32.1. The Kier molecular flexibility index (Phi) is 6.57. The molecule has 10 aromatic rings. The largest absolute Gasteiger partial charge is 0.310 e. The number of nitrogens with zero attached hydrogens (tertiary/aromatic N) is 2. The van der Waals surface area contributed by atoms with Gasteiger partial charge in [0.1, 0.15) is 5.01 Å². The van der Waals surface area contributed by atoms with Gasteiger partial charge in [-0.15, -0.1) is 22.7 Å². The second-order valence-electron chi connectivity index (χ2n) is 12.4. The van der Waals surface area contributed by atoms with Gasteiger partial charge < -0.3 is 4.90 Å². The second-order valence-corrected chi connectivity index (χ2v) is 14.5. The third-order valence-corrected chi connectivity index (χ3v) is 11.7. The van der Waals surface area contributed by atoms with Crippen molar-refractivity contribution in [3.05, 3.63) is 170 Å². The van der Waals surface area contributed by atoms with E-state index in [0.717, 1.165) is 33.1 Å². The zero-order valence-electron chi connectivity index (χ0n) is 26.4. The molecular formula is C45H28N2S2. The Bertz CT molecular complexity index is 2830. The smallest absolute Gasteiger partial charge is 0.124 e. The van der Waals surface area contributed by atoms with Gasteiger partial charge in [-0.3, -0.25) is 0 Å². The van der Waals surface area contributed by atoms with Crippen LogP contribution in [0.2, 0.25) is 0 Å². The molecule has 0 aliphatic carbocycles. The van der Waals surface area contributed by atoms with Crippen LogP contribution in [-0.4, -0.2) is 4.98 Å². The molecule has 8 aromatic carbocycles. The van der Waals surface area contributed by atoms with E-state index in [1.807, 2.05) is 11.3 Å². The van der Waals surface area contributed by atoms with Crippen molar-refractivity contribution in [3.8, 4) is 21.7 Å². The number of rotatable bonds is 5. The Morgan fingerprint density at radius 3 is 1.94 bits per heavy atom. The minimum absolute atomic E-state index is 1.06. The van der Waals surface area contributed by atoms with Crippen molar-refractivity contribution in [2.45, 2.75) is 0 Å². The molecule has 0 N–H and O–H groups in total. The van der Waals surface area contributed by atoms with Crippen LogP contribution in [0.4, 0.5) is 17.1 Å². The molecule has 4 heteroatoms. The van der Waals surface area contributed by atoms with Crippen LogP contribution in [0.25, 0.3) is 73.6 Å². The maximum Gasteiger partial charge on any atom is 0.124 e. The number of benzene rings is 8. The number of thiophene rings is 1. The van der Waals surface area contributed by atoms with Crippen molar-refractivity contribution >= 4 is 91.7 Å². The van der Waals surface area contributed by atoms with Crippen LogP contribution in [-0.2, 0) is 0 Å². The molecule has 0 radical (unpaired) electrons. The minimum Gasteiger partial charge on any atom is -0.310 e. The summed E-state index contributed by atoms with van der Waals surface area (Å²) < 4.78 is 3.81. The van der Waals surface area contributed by atoms with E-state index in [1.165, 1.54) is 57.5 Å². The van der Waals surface area contributed by atoms with E-state index in [-0.39, 0.29) is 0 Å². The molecule has 2 heterocycles. The summed E-state index contributed by atoms with van der Waals surface area (Å²) in [6.07, 6.45) is 0. The summed E-state index contributed by atoms with van der Waals surface area (Å²) in [6.45, 7) is 0. The fourth-order valence-electron chi connectivity index (χ4n) is 7.11. The number of anilines is 3. The van der Waals surface area contributed by atoms with Crippen molar-refractivity contribution in [2.24, 2.45) is 0 Å². The molecule has 2 nitrogen and oxygen atoms in total. The van der Waals surface area contributed by atoms with Crippen LogP contribution in [0.3, 0.4) is 0 Å². The predicted molar refractivity (Wildman–Crippen MR) is 213 cm³/mol. The summed E-state index contributed by atoms with van der Waals surface area (Å²) >= 11 is 3.65. The SMILES string of the molecule is c1ccc(-c2cccc(N(c3ccc4c(c3)sc3ccc5nc(-c6ccccc6)sc5c34)c3ccc4ccc5ccccc5c4c3)c2)cc1. The van der Waals surface area contributed by atoms with Crippen molar-refractivity contribution in [1.82, 2.24) is 4.98 Å². The lowest BCUT2D eigenvalue weighted by Crippen LogP contribution is -2.10. The number of thiazole rings is 1. The van der Waals surface area contributed by atoms with E-state index in [0.29, 0.717) is 0 Å². The van der Waals surface area contributed by atoms with Gasteiger partial charge in [0.2, 0.25) is 0 Å². The van der Waals surface area contributed by atoms with Crippen LogP contribution >= 0.6 is 22.7 Å². The van der Waals surface area contributed by atoms with E-state index in [1.54, 1.807) is 11.3 Å². The first-order valence-electron chi connectivity index (χ1n) is 16.5. The third kappa shape index (κ3) is 4.80. The summed E-state index contributed by atoms with van der Waals surface area (Å²) in [5.41, 5.74) is 8.01. The summed E-state index contributed by atoms with van der Waals surface area (Å²) in [6, 6.07) is 61.4. The van der Waals surface area contributed by atoms with Gasteiger partial charge in [0.05, 0.1) is 10.2 Å². The Morgan fingerprint density at radius 1 is 0.408 bits per heavy atom. The monoisotopic (exact) mass is 660 g/mol. The zero-order valence-corrected chi connectivity index (χ0v) is 28.0. The topological polar surface area (TPSA) is 16.1 Å². The lowest BCUT2D eigenvalue weighted by Gasteiger charge is -2.26. The van der Waals surface area contributed by atoms with Crippen LogP contribution < -0.4 is 4.90 Å². The van der Waals surface area contributed by atoms with Crippen molar-refractivity contribution in [3.63, 3.8) is 0 Å². The van der Waals surface area contributed by atoms with Gasteiger partial charge in [-0.25, -0.2) is 4.98 Å². The van der Waals surface area contributed by atoms with E-state index >= 15 is 0 Å². The first-order valence-corrected chi connectivity index (χ1v) is 18.1. The highest BCUT2D eigenvalue weighted by molar-refractivity contribution is 7.28. The molecule has 0 fully saturated rings. The Morgan fingerprint density at radius 2 is 1.08 bits per heavy atom. The van der Waals surface area contributed by atoms with Crippen LogP contribution in [0.5, 0.6) is 0 Å². The molecule has 230 valence electrons. The summed E-state index contributed by atoms with van der Waals surface area (Å²) in [5.74, 6) is 0. The molecule has 0 spiro atoms. The fourth-order valence-corrected chi connectivity index (χ4v) is 9.45. The molecule has 10 rings (SSSR count). The van der Waals surface area contributed by atoms with Gasteiger partial charge in [-0.1, -0.05) is 121 Å². The average molecular weight is 661 g/mol. The van der Waals surface area contributed by atoms with Crippen molar-refractivity contribution < 1.29 is 0 Å². The Balaban J connectivity index is 1.17. The minimum atomic E-state index is 1.06. The zero-order chi connectivity index (χ0) is 32.3. The normalized spacial score (nSPS) is 11.7. The molecule has 0 bridgehead atoms. The van der Waals surface area contributed by atoms with Crippen LogP contribution in [0.15, 0.2) is 170 Å². The molecule has 0 atom stereocenters. The van der Waals surface area contributed by atoms with Gasteiger partial charge in [0.15, 0.2) is 0 Å². The molecule has 0 saturated heterocycles. The maximum absolute atomic E-state index is 5.04. The van der Waals surface area contributed by atoms with Gasteiger partial charge in [-0.05, 0) is 81.2 Å². The Hall–Kier alpha value is -5.81. The number of hydrogen-bond donors (Lipinski definition) is 0. The van der Waals surface area contributed by atoms with Gasteiger partial charge in [-0.2, -0.15) is 0 Å². The first-order chi connectivity index (χ1) is 24.3. The van der Waals surface area contributed by atoms with Crippen LogP contribution in [0.1, 0.15) is 0 Å². The van der Waals surface area contributed by atoms with Gasteiger partial charge in [0.25, 0.3) is 0 Å². The van der Waals surface area contributed by atoms with E-state index < -0.39 is 0 Å². The maximum atomic E-state index is 5.04. The molecular weight excluding hydrogens is 633 g/mol. The molecule has 2 aromatic heterocycles. The number of fused-ring (bicyclic) bond motifs is 8. The summed E-state index contributed by atoms with van der Waals surface area (Å²) in [5, 5.41) is 8.66. The molecule has 0 amide bonds. The van der Waals surface area contributed by atoms with E-state index in [9.17, 15) is 0 Å². The molecule has 0 aliphatic heterocycles. The lowest BCUT2D eigenvalue weighted by atomic mass is 10.0. The van der Waals surface area contributed by atoms with E-state index in [2.05, 4.69) is 175 Å². The third-order valence-electron chi connectivity index (χ3n) is 9.45. The van der Waals surface area contributed by atoms with Crippen molar-refractivity contribution in [1.29, 1.82) is 0 Å². The number of hydrogen-bond acceptors (Lipinski definition) is 4. The van der Waals surface area contributed by atoms with E-state index in [4.69, 9.17) is 4.98 Å². The quantitative estimate of drug-likeness (QED) is 0.171. The molecule has 0 aliphatic rings. The molecule has 0 unspecified atom stereocenters. The average Bonchev–Trinajstić information content (AvgIpc) is 3.77. The number of aromatic nitrogens is 1. The standard InChI is InChI=1S/C45H28N2S2/c1-3-10-29(11-4-1)33-15-9-16-34(26-33)47(35-21-20-31-19-18-30-12-7-8-17-37(30)39(31)27-35)36-22-23-38-42(28-36)48-41-25-24-40-44(43(38)41)49-45(46-40)32-13-5-2-6-14-32/h1-28H. The highest BCUT2D eigenvalue weighted by Gasteiger charge is 2.18. The van der Waals surface area contributed by atoms with Crippen molar-refractivity contribution in [2.75, 3.05) is 4.90 Å². The fraction of sp³-hybridized carbons (Fsp3) is 0.